The first-order valence-corrected chi connectivity index (χ1v) is 10.3. The fourth-order valence-electron chi connectivity index (χ4n) is 2.81. The van der Waals surface area contributed by atoms with Crippen LogP contribution < -0.4 is 10.9 Å². The van der Waals surface area contributed by atoms with Crippen molar-refractivity contribution in [1.82, 2.24) is 9.55 Å². The highest BCUT2D eigenvalue weighted by Gasteiger charge is 2.15. The summed E-state index contributed by atoms with van der Waals surface area (Å²) < 4.78 is 2.29. The topological polar surface area (TPSA) is 64.0 Å². The number of rotatable bonds is 4. The van der Waals surface area contributed by atoms with Crippen LogP contribution in [0, 0.1) is 0 Å². The summed E-state index contributed by atoms with van der Waals surface area (Å²) in [6.07, 6.45) is 1.41. The molecule has 1 N–H and O–H groups in total. The van der Waals surface area contributed by atoms with Crippen LogP contribution in [-0.2, 0) is 11.3 Å². The van der Waals surface area contributed by atoms with E-state index in [0.29, 0.717) is 20.9 Å². The number of amides is 1. The van der Waals surface area contributed by atoms with Crippen molar-refractivity contribution in [3.8, 4) is 11.1 Å². The van der Waals surface area contributed by atoms with Crippen molar-refractivity contribution in [2.75, 3.05) is 5.32 Å². The average Bonchev–Trinajstić information content (AvgIpc) is 3.11. The minimum absolute atomic E-state index is 0.125. The van der Waals surface area contributed by atoms with Gasteiger partial charge >= 0.3 is 0 Å². The molecule has 0 radical (unpaired) electrons. The van der Waals surface area contributed by atoms with Gasteiger partial charge in [0.25, 0.3) is 5.56 Å². The van der Waals surface area contributed by atoms with Crippen molar-refractivity contribution in [1.29, 1.82) is 0 Å². The number of benzene rings is 2. The summed E-state index contributed by atoms with van der Waals surface area (Å²) in [5.41, 5.74) is 2.12. The van der Waals surface area contributed by atoms with Crippen LogP contribution >= 0.6 is 38.9 Å². The van der Waals surface area contributed by atoms with Crippen molar-refractivity contribution in [3.63, 3.8) is 0 Å². The second-order valence-corrected chi connectivity index (χ2v) is 8.28. The van der Waals surface area contributed by atoms with Crippen molar-refractivity contribution in [2.45, 2.75) is 6.54 Å². The molecule has 4 rings (SSSR count). The third kappa shape index (κ3) is 3.87. The van der Waals surface area contributed by atoms with E-state index in [1.54, 1.807) is 24.3 Å². The quantitative estimate of drug-likeness (QED) is 0.443. The lowest BCUT2D eigenvalue weighted by Crippen LogP contribution is -2.27. The summed E-state index contributed by atoms with van der Waals surface area (Å²) in [4.78, 5) is 30.4. The molecule has 140 valence electrons. The maximum Gasteiger partial charge on any atom is 0.263 e. The van der Waals surface area contributed by atoms with Crippen molar-refractivity contribution in [3.05, 3.63) is 80.1 Å². The molecule has 4 aromatic rings. The predicted octanol–water partition coefficient (Wildman–Crippen LogP) is 5.18. The summed E-state index contributed by atoms with van der Waals surface area (Å²) in [6.45, 7) is -0.125. The molecule has 0 saturated carbocycles. The largest absolute Gasteiger partial charge is 0.325 e. The summed E-state index contributed by atoms with van der Waals surface area (Å²) in [5.74, 6) is -0.314. The highest BCUT2D eigenvalue weighted by molar-refractivity contribution is 9.10. The molecule has 0 atom stereocenters. The molecule has 0 saturated heterocycles. The first-order valence-electron chi connectivity index (χ1n) is 8.29. The molecule has 2 heterocycles. The highest BCUT2D eigenvalue weighted by Crippen LogP contribution is 2.31. The van der Waals surface area contributed by atoms with Gasteiger partial charge < -0.3 is 5.32 Å². The number of nitrogens with one attached hydrogen (secondary N) is 1. The van der Waals surface area contributed by atoms with Crippen LogP contribution in [0.25, 0.3) is 21.3 Å². The Morgan fingerprint density at radius 2 is 1.86 bits per heavy atom. The zero-order valence-corrected chi connectivity index (χ0v) is 17.5. The summed E-state index contributed by atoms with van der Waals surface area (Å²) in [6, 6.07) is 14.5. The van der Waals surface area contributed by atoms with Crippen molar-refractivity contribution < 1.29 is 4.79 Å². The minimum atomic E-state index is -0.314. The van der Waals surface area contributed by atoms with Gasteiger partial charge in [-0.25, -0.2) is 4.98 Å². The molecule has 0 aliphatic heterocycles. The first-order chi connectivity index (χ1) is 13.5. The number of nitrogens with zero attached hydrogens (tertiary/aromatic N) is 2. The lowest BCUT2D eigenvalue weighted by atomic mass is 10.1. The number of hydrogen-bond donors (Lipinski definition) is 1. The second-order valence-electron chi connectivity index (χ2n) is 6.07. The summed E-state index contributed by atoms with van der Waals surface area (Å²) in [7, 11) is 0. The monoisotopic (exact) mass is 473 g/mol. The number of halogens is 2. The van der Waals surface area contributed by atoms with E-state index in [1.807, 2.05) is 29.6 Å². The molecule has 1 amide bonds. The number of carbonyl (C=O) groups is 1. The number of anilines is 1. The van der Waals surface area contributed by atoms with Crippen LogP contribution in [-0.4, -0.2) is 15.5 Å². The maximum absolute atomic E-state index is 13.0. The van der Waals surface area contributed by atoms with Gasteiger partial charge in [-0.2, -0.15) is 0 Å². The fraction of sp³-hybridized carbons (Fsp3) is 0.0500. The lowest BCUT2D eigenvalue weighted by Gasteiger charge is -2.08. The Morgan fingerprint density at radius 3 is 2.57 bits per heavy atom. The van der Waals surface area contributed by atoms with Gasteiger partial charge in [-0.15, -0.1) is 11.3 Å². The Kier molecular flexibility index (Phi) is 5.30. The predicted molar refractivity (Wildman–Crippen MR) is 117 cm³/mol. The van der Waals surface area contributed by atoms with E-state index in [9.17, 15) is 9.59 Å². The van der Waals surface area contributed by atoms with Crippen molar-refractivity contribution in [2.24, 2.45) is 0 Å². The van der Waals surface area contributed by atoms with Gasteiger partial charge in [-0.05, 0) is 42.0 Å². The SMILES string of the molecule is O=C(Cn1cnc2scc(-c3ccc(Br)cc3)c2c1=O)Nc1ccc(Cl)cc1. The third-order valence-corrected chi connectivity index (χ3v) is 5.82. The fourth-order valence-corrected chi connectivity index (χ4v) is 4.11. The molecule has 2 aromatic heterocycles. The van der Waals surface area contributed by atoms with Gasteiger partial charge in [0.1, 0.15) is 11.4 Å². The zero-order valence-electron chi connectivity index (χ0n) is 14.4. The molecule has 0 aliphatic carbocycles. The normalized spacial score (nSPS) is 10.9. The van der Waals surface area contributed by atoms with E-state index in [-0.39, 0.29) is 18.0 Å². The summed E-state index contributed by atoms with van der Waals surface area (Å²) in [5, 5.41) is 5.78. The standard InChI is InChI=1S/C20H13BrClN3O2S/c21-13-3-1-12(2-4-13)16-10-28-19-18(16)20(27)25(11-23-19)9-17(26)24-15-7-5-14(22)6-8-15/h1-8,10-11H,9H2,(H,24,26). The second kappa shape index (κ2) is 7.87. The van der Waals surface area contributed by atoms with Gasteiger partial charge in [-0.3, -0.25) is 14.2 Å². The van der Waals surface area contributed by atoms with E-state index >= 15 is 0 Å². The van der Waals surface area contributed by atoms with E-state index in [0.717, 1.165) is 15.6 Å². The average molecular weight is 475 g/mol. The van der Waals surface area contributed by atoms with Crippen LogP contribution in [0.2, 0.25) is 5.02 Å². The Hall–Kier alpha value is -2.48. The lowest BCUT2D eigenvalue weighted by molar-refractivity contribution is -0.116. The van der Waals surface area contributed by atoms with Gasteiger partial charge in [0, 0.05) is 26.1 Å². The molecular weight excluding hydrogens is 462 g/mol. The molecular formula is C20H13BrClN3O2S. The van der Waals surface area contributed by atoms with Crippen LogP contribution in [0.1, 0.15) is 0 Å². The molecule has 0 fully saturated rings. The Labute approximate surface area is 177 Å². The molecule has 8 heteroatoms. The number of fused-ring (bicyclic) bond motifs is 1. The molecule has 28 heavy (non-hydrogen) atoms. The molecule has 0 unspecified atom stereocenters. The molecule has 0 aliphatic rings. The Bertz CT molecular complexity index is 1220. The van der Waals surface area contributed by atoms with Crippen molar-refractivity contribution >= 4 is 60.7 Å². The van der Waals surface area contributed by atoms with E-state index in [1.165, 1.54) is 22.2 Å². The molecule has 0 bridgehead atoms. The number of thiophene rings is 1. The number of aromatic nitrogens is 2. The maximum atomic E-state index is 13.0. The molecule has 5 nitrogen and oxygen atoms in total. The summed E-state index contributed by atoms with van der Waals surface area (Å²) >= 11 is 10.7. The van der Waals surface area contributed by atoms with E-state index in [2.05, 4.69) is 26.2 Å². The van der Waals surface area contributed by atoms with Gasteiger partial charge in [0.15, 0.2) is 0 Å². The van der Waals surface area contributed by atoms with Crippen LogP contribution in [0.15, 0.2) is 69.5 Å². The van der Waals surface area contributed by atoms with Gasteiger partial charge in [0.05, 0.1) is 11.7 Å². The zero-order chi connectivity index (χ0) is 19.7. The molecule has 0 spiro atoms. The molecule has 2 aromatic carbocycles. The van der Waals surface area contributed by atoms with Crippen LogP contribution in [0.3, 0.4) is 0 Å². The van der Waals surface area contributed by atoms with Crippen LogP contribution in [0.5, 0.6) is 0 Å². The number of carbonyl (C=O) groups excluding carboxylic acids is 1. The van der Waals surface area contributed by atoms with Crippen LogP contribution in [0.4, 0.5) is 5.69 Å². The van der Waals surface area contributed by atoms with Gasteiger partial charge in [-0.1, -0.05) is 39.7 Å². The number of hydrogen-bond acceptors (Lipinski definition) is 4. The Balaban J connectivity index is 1.64. The van der Waals surface area contributed by atoms with Gasteiger partial charge in [0.2, 0.25) is 5.91 Å². The first kappa shape index (κ1) is 18.9. The smallest absolute Gasteiger partial charge is 0.263 e. The van der Waals surface area contributed by atoms with E-state index < -0.39 is 0 Å². The third-order valence-electron chi connectivity index (χ3n) is 4.16. The Morgan fingerprint density at radius 1 is 1.14 bits per heavy atom. The van der Waals surface area contributed by atoms with E-state index in [4.69, 9.17) is 11.6 Å². The highest BCUT2D eigenvalue weighted by atomic mass is 79.9. The minimum Gasteiger partial charge on any atom is -0.325 e.